The SMILES string of the molecule is COCC[C@@H]1CNC[C@H]1O. The zero-order valence-corrected chi connectivity index (χ0v) is 6.34. The fourth-order valence-corrected chi connectivity index (χ4v) is 1.28. The Balaban J connectivity index is 2.14. The second kappa shape index (κ2) is 3.91. The fraction of sp³-hybridized carbons (Fsp3) is 1.00. The highest BCUT2D eigenvalue weighted by atomic mass is 16.5. The molecule has 0 aliphatic carbocycles. The number of ether oxygens (including phenoxy) is 1. The van der Waals surface area contributed by atoms with Crippen LogP contribution in [0.25, 0.3) is 0 Å². The number of rotatable bonds is 3. The van der Waals surface area contributed by atoms with Gasteiger partial charge in [0.25, 0.3) is 0 Å². The first-order valence-corrected chi connectivity index (χ1v) is 3.72. The number of hydrogen-bond donors (Lipinski definition) is 2. The summed E-state index contributed by atoms with van der Waals surface area (Å²) in [6.07, 6.45) is 0.806. The zero-order chi connectivity index (χ0) is 7.40. The van der Waals surface area contributed by atoms with Crippen molar-refractivity contribution >= 4 is 0 Å². The number of aliphatic hydroxyl groups excluding tert-OH is 1. The van der Waals surface area contributed by atoms with E-state index in [1.807, 2.05) is 0 Å². The van der Waals surface area contributed by atoms with Gasteiger partial charge >= 0.3 is 0 Å². The van der Waals surface area contributed by atoms with Crippen LogP contribution < -0.4 is 5.32 Å². The van der Waals surface area contributed by atoms with Crippen molar-refractivity contribution < 1.29 is 9.84 Å². The molecule has 0 radical (unpaired) electrons. The van der Waals surface area contributed by atoms with Crippen LogP contribution in [0.3, 0.4) is 0 Å². The Kier molecular flexibility index (Phi) is 3.12. The predicted molar refractivity (Wildman–Crippen MR) is 38.9 cm³/mol. The van der Waals surface area contributed by atoms with Crippen LogP contribution in [0.1, 0.15) is 6.42 Å². The second-order valence-electron chi connectivity index (χ2n) is 2.77. The van der Waals surface area contributed by atoms with Gasteiger partial charge in [0, 0.05) is 32.7 Å². The quantitative estimate of drug-likeness (QED) is 0.568. The maximum atomic E-state index is 9.30. The highest BCUT2D eigenvalue weighted by molar-refractivity contribution is 4.79. The largest absolute Gasteiger partial charge is 0.391 e. The predicted octanol–water partition coefficient (Wildman–Crippen LogP) is -0.397. The molecule has 0 aromatic rings. The molecule has 0 amide bonds. The normalized spacial score (nSPS) is 33.0. The molecule has 1 fully saturated rings. The summed E-state index contributed by atoms with van der Waals surface area (Å²) in [6, 6.07) is 0. The average molecular weight is 145 g/mol. The molecule has 0 aromatic heterocycles. The van der Waals surface area contributed by atoms with Gasteiger partial charge < -0.3 is 15.2 Å². The molecule has 1 saturated heterocycles. The Bertz CT molecular complexity index is 97.6. The number of aliphatic hydroxyl groups is 1. The molecule has 0 spiro atoms. The minimum atomic E-state index is -0.157. The Hall–Kier alpha value is -0.120. The third-order valence-corrected chi connectivity index (χ3v) is 2.00. The summed E-state index contributed by atoms with van der Waals surface area (Å²) in [5, 5.41) is 12.4. The molecule has 1 aliphatic rings. The van der Waals surface area contributed by atoms with Crippen molar-refractivity contribution in [2.24, 2.45) is 5.92 Å². The third-order valence-electron chi connectivity index (χ3n) is 2.00. The molecule has 0 bridgehead atoms. The summed E-state index contributed by atoms with van der Waals surface area (Å²) in [5.74, 6) is 0.403. The van der Waals surface area contributed by atoms with Gasteiger partial charge in [-0.2, -0.15) is 0 Å². The lowest BCUT2D eigenvalue weighted by molar-refractivity contribution is 0.113. The van der Waals surface area contributed by atoms with Crippen LogP contribution in [-0.4, -0.2) is 38.0 Å². The van der Waals surface area contributed by atoms with Crippen LogP contribution in [-0.2, 0) is 4.74 Å². The summed E-state index contributed by atoms with van der Waals surface area (Å²) in [5.41, 5.74) is 0. The summed E-state index contributed by atoms with van der Waals surface area (Å²) < 4.78 is 4.91. The molecule has 1 rings (SSSR count). The standard InChI is InChI=1S/C7H15NO2/c1-10-3-2-6-4-8-5-7(6)9/h6-9H,2-5H2,1H3/t6-,7-/m1/s1. The van der Waals surface area contributed by atoms with E-state index in [2.05, 4.69) is 5.32 Å². The molecule has 0 saturated carbocycles. The van der Waals surface area contributed by atoms with E-state index >= 15 is 0 Å². The van der Waals surface area contributed by atoms with Crippen molar-refractivity contribution in [2.75, 3.05) is 26.8 Å². The van der Waals surface area contributed by atoms with E-state index in [4.69, 9.17) is 4.74 Å². The van der Waals surface area contributed by atoms with E-state index in [-0.39, 0.29) is 6.10 Å². The van der Waals surface area contributed by atoms with Crippen molar-refractivity contribution in [1.29, 1.82) is 0 Å². The van der Waals surface area contributed by atoms with E-state index in [0.29, 0.717) is 5.92 Å². The first-order chi connectivity index (χ1) is 4.84. The number of methoxy groups -OCH3 is 1. The monoisotopic (exact) mass is 145 g/mol. The van der Waals surface area contributed by atoms with Crippen LogP contribution in [0.15, 0.2) is 0 Å². The lowest BCUT2D eigenvalue weighted by Crippen LogP contribution is -2.19. The molecular weight excluding hydrogens is 130 g/mol. The maximum absolute atomic E-state index is 9.30. The van der Waals surface area contributed by atoms with E-state index in [1.165, 1.54) is 0 Å². The topological polar surface area (TPSA) is 41.5 Å². The smallest absolute Gasteiger partial charge is 0.0705 e. The third kappa shape index (κ3) is 1.94. The zero-order valence-electron chi connectivity index (χ0n) is 6.34. The molecule has 1 heterocycles. The molecular formula is C7H15NO2. The minimum absolute atomic E-state index is 0.157. The minimum Gasteiger partial charge on any atom is -0.391 e. The number of hydrogen-bond acceptors (Lipinski definition) is 3. The molecule has 2 atom stereocenters. The Morgan fingerprint density at radius 1 is 1.60 bits per heavy atom. The van der Waals surface area contributed by atoms with E-state index in [0.717, 1.165) is 26.1 Å². The molecule has 2 N–H and O–H groups in total. The molecule has 3 heteroatoms. The van der Waals surface area contributed by atoms with Gasteiger partial charge in [0.05, 0.1) is 6.10 Å². The van der Waals surface area contributed by atoms with Gasteiger partial charge in [-0.25, -0.2) is 0 Å². The van der Waals surface area contributed by atoms with Gasteiger partial charge in [-0.3, -0.25) is 0 Å². The average Bonchev–Trinajstić information content (AvgIpc) is 2.31. The first-order valence-electron chi connectivity index (χ1n) is 3.72. The van der Waals surface area contributed by atoms with Gasteiger partial charge in [0.1, 0.15) is 0 Å². The van der Waals surface area contributed by atoms with E-state index in [1.54, 1.807) is 7.11 Å². The van der Waals surface area contributed by atoms with Crippen LogP contribution in [0.2, 0.25) is 0 Å². The highest BCUT2D eigenvalue weighted by Crippen LogP contribution is 2.12. The summed E-state index contributed by atoms with van der Waals surface area (Å²) in [4.78, 5) is 0. The summed E-state index contributed by atoms with van der Waals surface area (Å²) >= 11 is 0. The van der Waals surface area contributed by atoms with Crippen molar-refractivity contribution in [3.63, 3.8) is 0 Å². The molecule has 3 nitrogen and oxygen atoms in total. The van der Waals surface area contributed by atoms with Crippen LogP contribution in [0.4, 0.5) is 0 Å². The van der Waals surface area contributed by atoms with Gasteiger partial charge in [-0.15, -0.1) is 0 Å². The Morgan fingerprint density at radius 3 is 2.90 bits per heavy atom. The second-order valence-corrected chi connectivity index (χ2v) is 2.77. The fourth-order valence-electron chi connectivity index (χ4n) is 1.28. The molecule has 0 unspecified atom stereocenters. The van der Waals surface area contributed by atoms with E-state index in [9.17, 15) is 5.11 Å². The lowest BCUT2D eigenvalue weighted by atomic mass is 10.0. The van der Waals surface area contributed by atoms with Crippen molar-refractivity contribution in [3.05, 3.63) is 0 Å². The van der Waals surface area contributed by atoms with Crippen LogP contribution in [0.5, 0.6) is 0 Å². The molecule has 0 aromatic carbocycles. The Labute approximate surface area is 61.4 Å². The summed E-state index contributed by atoms with van der Waals surface area (Å²) in [7, 11) is 1.69. The van der Waals surface area contributed by atoms with Crippen LogP contribution >= 0.6 is 0 Å². The van der Waals surface area contributed by atoms with Crippen molar-refractivity contribution in [3.8, 4) is 0 Å². The number of nitrogens with one attached hydrogen (secondary N) is 1. The Morgan fingerprint density at radius 2 is 2.40 bits per heavy atom. The first kappa shape index (κ1) is 7.98. The van der Waals surface area contributed by atoms with Crippen molar-refractivity contribution in [1.82, 2.24) is 5.32 Å². The van der Waals surface area contributed by atoms with Gasteiger partial charge in [-0.1, -0.05) is 0 Å². The number of β-amino-alcohol motifs (C(OH)–C–C–N with tert-alkyl or cyclic N) is 1. The summed E-state index contributed by atoms with van der Waals surface area (Å²) in [6.45, 7) is 2.43. The molecule has 10 heavy (non-hydrogen) atoms. The maximum Gasteiger partial charge on any atom is 0.0705 e. The van der Waals surface area contributed by atoms with E-state index < -0.39 is 0 Å². The lowest BCUT2D eigenvalue weighted by Gasteiger charge is -2.11. The van der Waals surface area contributed by atoms with Gasteiger partial charge in [0.2, 0.25) is 0 Å². The van der Waals surface area contributed by atoms with Crippen LogP contribution in [0, 0.1) is 5.92 Å². The van der Waals surface area contributed by atoms with Crippen molar-refractivity contribution in [2.45, 2.75) is 12.5 Å². The highest BCUT2D eigenvalue weighted by Gasteiger charge is 2.23. The van der Waals surface area contributed by atoms with Gasteiger partial charge in [0.15, 0.2) is 0 Å². The molecule has 60 valence electrons. The molecule has 1 aliphatic heterocycles. The van der Waals surface area contributed by atoms with Gasteiger partial charge in [-0.05, 0) is 6.42 Å².